The second-order valence-electron chi connectivity index (χ2n) is 5.75. The van der Waals surface area contributed by atoms with Crippen LogP contribution < -0.4 is 0 Å². The van der Waals surface area contributed by atoms with Crippen LogP contribution in [0.5, 0.6) is 0 Å². The van der Waals surface area contributed by atoms with Crippen LogP contribution in [-0.2, 0) is 6.42 Å². The van der Waals surface area contributed by atoms with Crippen molar-refractivity contribution in [1.82, 2.24) is 0 Å². The number of hydrogen-bond donors (Lipinski definition) is 0. The van der Waals surface area contributed by atoms with E-state index in [2.05, 4.69) is 60.7 Å². The standard InChI is InChI=1S/C20H12O/c21-18-11-14-6-3-5-13-10-17-15-7-2-1-4-12(15)8-9-16(17)20(18)19(13)14/h1-10H,11H2. The van der Waals surface area contributed by atoms with Gasteiger partial charge in [0.15, 0.2) is 5.78 Å². The predicted molar refractivity (Wildman–Crippen MR) is 87.0 cm³/mol. The number of ketones is 1. The number of Topliss-reactive ketones (excluding diaryl/α,β-unsaturated/α-hetero) is 1. The van der Waals surface area contributed by atoms with Gasteiger partial charge in [-0.1, -0.05) is 54.6 Å². The van der Waals surface area contributed by atoms with Gasteiger partial charge < -0.3 is 0 Å². The van der Waals surface area contributed by atoms with Gasteiger partial charge in [-0.25, -0.2) is 0 Å². The molecule has 0 amide bonds. The van der Waals surface area contributed by atoms with E-state index < -0.39 is 0 Å². The molecule has 0 aliphatic heterocycles. The van der Waals surface area contributed by atoms with Crippen molar-refractivity contribution in [3.8, 4) is 0 Å². The average Bonchev–Trinajstić information content (AvgIpc) is 2.86. The van der Waals surface area contributed by atoms with Crippen molar-refractivity contribution >= 4 is 38.1 Å². The molecule has 0 bridgehead atoms. The second kappa shape index (κ2) is 3.70. The summed E-state index contributed by atoms with van der Waals surface area (Å²) >= 11 is 0. The molecule has 5 rings (SSSR count). The maximum absolute atomic E-state index is 12.5. The molecule has 0 saturated carbocycles. The Kier molecular flexibility index (Phi) is 1.95. The van der Waals surface area contributed by atoms with Crippen LogP contribution in [0.1, 0.15) is 15.9 Å². The smallest absolute Gasteiger partial charge is 0.168 e. The van der Waals surface area contributed by atoms with Crippen molar-refractivity contribution < 1.29 is 4.79 Å². The molecule has 21 heavy (non-hydrogen) atoms. The lowest BCUT2D eigenvalue weighted by atomic mass is 9.94. The normalized spacial score (nSPS) is 13.6. The van der Waals surface area contributed by atoms with E-state index in [4.69, 9.17) is 0 Å². The molecule has 0 spiro atoms. The molecule has 0 unspecified atom stereocenters. The highest BCUT2D eigenvalue weighted by atomic mass is 16.1. The Morgan fingerprint density at radius 3 is 2.52 bits per heavy atom. The molecule has 4 aromatic rings. The minimum Gasteiger partial charge on any atom is -0.294 e. The van der Waals surface area contributed by atoms with Gasteiger partial charge in [0.2, 0.25) is 0 Å². The fraction of sp³-hybridized carbons (Fsp3) is 0.0500. The van der Waals surface area contributed by atoms with Crippen molar-refractivity contribution in [2.24, 2.45) is 0 Å². The Bertz CT molecular complexity index is 1070. The molecule has 0 saturated heterocycles. The summed E-state index contributed by atoms with van der Waals surface area (Å²) in [5, 5.41) is 7.05. The van der Waals surface area contributed by atoms with Crippen molar-refractivity contribution in [3.63, 3.8) is 0 Å². The minimum absolute atomic E-state index is 0.252. The maximum atomic E-state index is 12.5. The molecule has 1 nitrogen and oxygen atoms in total. The van der Waals surface area contributed by atoms with Gasteiger partial charge in [-0.3, -0.25) is 4.79 Å². The lowest BCUT2D eigenvalue weighted by molar-refractivity contribution is 0.100. The van der Waals surface area contributed by atoms with E-state index in [9.17, 15) is 4.79 Å². The van der Waals surface area contributed by atoms with Gasteiger partial charge >= 0.3 is 0 Å². The van der Waals surface area contributed by atoms with E-state index in [0.29, 0.717) is 6.42 Å². The highest BCUT2D eigenvalue weighted by Gasteiger charge is 2.24. The molecule has 0 heterocycles. The first-order chi connectivity index (χ1) is 10.3. The van der Waals surface area contributed by atoms with Gasteiger partial charge in [0.05, 0.1) is 0 Å². The van der Waals surface area contributed by atoms with Crippen LogP contribution in [0.4, 0.5) is 0 Å². The highest BCUT2D eigenvalue weighted by molar-refractivity contribution is 6.27. The molecule has 0 atom stereocenters. The van der Waals surface area contributed by atoms with Gasteiger partial charge in [-0.2, -0.15) is 0 Å². The fourth-order valence-electron chi connectivity index (χ4n) is 3.70. The van der Waals surface area contributed by atoms with E-state index in [0.717, 1.165) is 16.3 Å². The Morgan fingerprint density at radius 2 is 1.57 bits per heavy atom. The van der Waals surface area contributed by atoms with Crippen molar-refractivity contribution in [3.05, 3.63) is 71.8 Å². The third kappa shape index (κ3) is 1.33. The summed E-state index contributed by atoms with van der Waals surface area (Å²) in [6.45, 7) is 0. The summed E-state index contributed by atoms with van der Waals surface area (Å²) in [5.41, 5.74) is 2.09. The highest BCUT2D eigenvalue weighted by Crippen LogP contribution is 2.38. The molecule has 1 aliphatic carbocycles. The molecule has 4 aromatic carbocycles. The number of rotatable bonds is 0. The van der Waals surface area contributed by atoms with Crippen LogP contribution in [0.2, 0.25) is 0 Å². The number of carbonyl (C=O) groups excluding carboxylic acids is 1. The first kappa shape index (κ1) is 11.0. The zero-order valence-electron chi connectivity index (χ0n) is 11.4. The van der Waals surface area contributed by atoms with Crippen molar-refractivity contribution in [2.75, 3.05) is 0 Å². The molecular weight excluding hydrogens is 256 g/mol. The van der Waals surface area contributed by atoms with Crippen LogP contribution in [0.25, 0.3) is 32.3 Å². The van der Waals surface area contributed by atoms with Gasteiger partial charge in [0.1, 0.15) is 0 Å². The quantitative estimate of drug-likeness (QED) is 0.328. The first-order valence-electron chi connectivity index (χ1n) is 7.22. The number of hydrogen-bond acceptors (Lipinski definition) is 1. The number of carbonyl (C=O) groups is 1. The molecule has 0 radical (unpaired) electrons. The van der Waals surface area contributed by atoms with Crippen LogP contribution in [-0.4, -0.2) is 5.78 Å². The lowest BCUT2D eigenvalue weighted by Crippen LogP contribution is -1.95. The Hall–Kier alpha value is -2.67. The molecule has 0 aromatic heterocycles. The summed E-state index contributed by atoms with van der Waals surface area (Å²) in [4.78, 5) is 12.5. The zero-order chi connectivity index (χ0) is 14.0. The third-order valence-electron chi connectivity index (χ3n) is 4.60. The number of fused-ring (bicyclic) bond motifs is 4. The van der Waals surface area contributed by atoms with Crippen LogP contribution >= 0.6 is 0 Å². The summed E-state index contributed by atoms with van der Waals surface area (Å²) in [6.07, 6.45) is 0.540. The molecule has 98 valence electrons. The first-order valence-corrected chi connectivity index (χ1v) is 7.22. The van der Waals surface area contributed by atoms with Gasteiger partial charge in [-0.15, -0.1) is 0 Å². The number of benzene rings is 4. The summed E-state index contributed by atoms with van der Waals surface area (Å²) < 4.78 is 0. The monoisotopic (exact) mass is 268 g/mol. The van der Waals surface area contributed by atoms with Crippen molar-refractivity contribution in [1.29, 1.82) is 0 Å². The van der Waals surface area contributed by atoms with Crippen LogP contribution in [0.3, 0.4) is 0 Å². The van der Waals surface area contributed by atoms with Crippen LogP contribution in [0.15, 0.2) is 60.7 Å². The molecule has 0 N–H and O–H groups in total. The topological polar surface area (TPSA) is 17.1 Å². The van der Waals surface area contributed by atoms with Gasteiger partial charge in [0.25, 0.3) is 0 Å². The summed E-state index contributed by atoms with van der Waals surface area (Å²) in [5.74, 6) is 0.252. The Labute approximate surface area is 121 Å². The van der Waals surface area contributed by atoms with E-state index in [-0.39, 0.29) is 5.78 Å². The molecule has 0 fully saturated rings. The minimum atomic E-state index is 0.252. The molecule has 1 aliphatic rings. The second-order valence-corrected chi connectivity index (χ2v) is 5.75. The average molecular weight is 268 g/mol. The molecular formula is C20H12O. The maximum Gasteiger partial charge on any atom is 0.168 e. The van der Waals surface area contributed by atoms with Gasteiger partial charge in [0, 0.05) is 12.0 Å². The predicted octanol–water partition coefficient (Wildman–Crippen LogP) is 4.89. The largest absolute Gasteiger partial charge is 0.294 e. The molecule has 1 heteroatoms. The van der Waals surface area contributed by atoms with E-state index in [1.807, 2.05) is 0 Å². The van der Waals surface area contributed by atoms with Crippen molar-refractivity contribution in [2.45, 2.75) is 6.42 Å². The van der Waals surface area contributed by atoms with Gasteiger partial charge in [-0.05, 0) is 43.9 Å². The lowest BCUT2D eigenvalue weighted by Gasteiger charge is -2.09. The van der Waals surface area contributed by atoms with E-state index in [1.165, 1.54) is 27.1 Å². The fourth-order valence-corrected chi connectivity index (χ4v) is 3.70. The van der Waals surface area contributed by atoms with E-state index >= 15 is 0 Å². The third-order valence-corrected chi connectivity index (χ3v) is 4.60. The van der Waals surface area contributed by atoms with Crippen LogP contribution in [0, 0.1) is 0 Å². The zero-order valence-corrected chi connectivity index (χ0v) is 11.4. The summed E-state index contributed by atoms with van der Waals surface area (Å²) in [7, 11) is 0. The Balaban J connectivity index is 2.13. The SMILES string of the molecule is O=C1Cc2cccc3cc4c(ccc5ccccc54)c1c23. The Morgan fingerprint density at radius 1 is 0.714 bits per heavy atom. The van der Waals surface area contributed by atoms with E-state index in [1.54, 1.807) is 0 Å². The summed E-state index contributed by atoms with van der Waals surface area (Å²) in [6, 6.07) is 21.1.